The van der Waals surface area contributed by atoms with Gasteiger partial charge in [-0.3, -0.25) is 9.78 Å². The maximum absolute atomic E-state index is 12.9. The Hall–Kier alpha value is -2.60. The molecule has 1 aromatic heterocycles. The van der Waals surface area contributed by atoms with Crippen molar-refractivity contribution in [2.24, 2.45) is 0 Å². The van der Waals surface area contributed by atoms with Crippen LogP contribution in [0.25, 0.3) is 0 Å². The Morgan fingerprint density at radius 1 is 1.16 bits per heavy atom. The first kappa shape index (κ1) is 17.2. The molecule has 0 atom stereocenters. The van der Waals surface area contributed by atoms with Gasteiger partial charge < -0.3 is 19.5 Å². The zero-order valence-corrected chi connectivity index (χ0v) is 14.4. The molecule has 132 valence electrons. The Bertz CT molecular complexity index is 740. The smallest absolute Gasteiger partial charge is 0.257 e. The van der Waals surface area contributed by atoms with Crippen LogP contribution in [0.15, 0.2) is 42.7 Å². The van der Waals surface area contributed by atoms with Crippen molar-refractivity contribution in [3.05, 3.63) is 53.9 Å². The number of piperidine rings is 1. The van der Waals surface area contributed by atoms with Crippen molar-refractivity contribution in [1.29, 1.82) is 0 Å². The van der Waals surface area contributed by atoms with Crippen molar-refractivity contribution >= 4 is 5.91 Å². The van der Waals surface area contributed by atoms with E-state index in [0.717, 1.165) is 5.56 Å². The molecule has 1 aliphatic rings. The maximum atomic E-state index is 12.9. The number of nitrogens with zero attached hydrogens (tertiary/aromatic N) is 2. The summed E-state index contributed by atoms with van der Waals surface area (Å²) >= 11 is 0. The van der Waals surface area contributed by atoms with E-state index in [2.05, 4.69) is 4.98 Å². The Labute approximate surface area is 147 Å². The minimum atomic E-state index is -0.941. The van der Waals surface area contributed by atoms with Gasteiger partial charge in [-0.15, -0.1) is 0 Å². The van der Waals surface area contributed by atoms with E-state index in [0.29, 0.717) is 43.0 Å². The molecule has 3 rings (SSSR count). The number of likely N-dealkylation sites (tertiary alicyclic amines) is 1. The fourth-order valence-corrected chi connectivity index (χ4v) is 3.23. The van der Waals surface area contributed by atoms with Crippen LogP contribution in [0.3, 0.4) is 0 Å². The molecule has 1 aliphatic heterocycles. The Kier molecular flexibility index (Phi) is 4.90. The summed E-state index contributed by atoms with van der Waals surface area (Å²) in [6.45, 7) is 0.926. The molecule has 1 aromatic carbocycles. The molecule has 6 heteroatoms. The number of benzene rings is 1. The lowest BCUT2D eigenvalue weighted by Crippen LogP contribution is -2.45. The predicted octanol–water partition coefficient (Wildman–Crippen LogP) is 2.22. The first-order valence-corrected chi connectivity index (χ1v) is 8.22. The topological polar surface area (TPSA) is 71.9 Å². The second-order valence-corrected chi connectivity index (χ2v) is 6.11. The third kappa shape index (κ3) is 3.30. The highest BCUT2D eigenvalue weighted by molar-refractivity contribution is 5.97. The number of rotatable bonds is 4. The second-order valence-electron chi connectivity index (χ2n) is 6.11. The van der Waals surface area contributed by atoms with Gasteiger partial charge in [0.1, 0.15) is 0 Å². The van der Waals surface area contributed by atoms with Gasteiger partial charge in [0, 0.05) is 31.0 Å². The molecule has 1 fully saturated rings. The predicted molar refractivity (Wildman–Crippen MR) is 92.8 cm³/mol. The quantitative estimate of drug-likeness (QED) is 0.922. The van der Waals surface area contributed by atoms with Gasteiger partial charge >= 0.3 is 0 Å². The molecule has 0 unspecified atom stereocenters. The van der Waals surface area contributed by atoms with Crippen molar-refractivity contribution in [2.45, 2.75) is 18.4 Å². The summed E-state index contributed by atoms with van der Waals surface area (Å²) < 4.78 is 10.6. The van der Waals surface area contributed by atoms with E-state index >= 15 is 0 Å². The summed E-state index contributed by atoms with van der Waals surface area (Å²) in [7, 11) is 3.06. The highest BCUT2D eigenvalue weighted by Gasteiger charge is 2.36. The van der Waals surface area contributed by atoms with E-state index in [-0.39, 0.29) is 5.91 Å². The van der Waals surface area contributed by atoms with E-state index in [9.17, 15) is 9.90 Å². The molecule has 0 radical (unpaired) electrons. The van der Waals surface area contributed by atoms with E-state index in [1.54, 1.807) is 42.6 Å². The van der Waals surface area contributed by atoms with E-state index in [1.807, 2.05) is 12.1 Å². The monoisotopic (exact) mass is 342 g/mol. The van der Waals surface area contributed by atoms with E-state index < -0.39 is 5.60 Å². The van der Waals surface area contributed by atoms with E-state index in [4.69, 9.17) is 9.47 Å². The van der Waals surface area contributed by atoms with Crippen LogP contribution in [0.5, 0.6) is 11.5 Å². The summed E-state index contributed by atoms with van der Waals surface area (Å²) in [5, 5.41) is 10.9. The van der Waals surface area contributed by atoms with Crippen LogP contribution in [-0.2, 0) is 5.60 Å². The summed E-state index contributed by atoms with van der Waals surface area (Å²) in [6.07, 6.45) is 4.30. The molecule has 6 nitrogen and oxygen atoms in total. The molecule has 1 saturated heterocycles. The van der Waals surface area contributed by atoms with Gasteiger partial charge in [0.2, 0.25) is 0 Å². The molecule has 0 bridgehead atoms. The van der Waals surface area contributed by atoms with Gasteiger partial charge in [-0.05, 0) is 31.0 Å². The summed E-state index contributed by atoms with van der Waals surface area (Å²) in [5.74, 6) is 0.837. The van der Waals surface area contributed by atoms with E-state index in [1.165, 1.54) is 7.11 Å². The lowest BCUT2D eigenvalue weighted by Gasteiger charge is -2.38. The molecule has 1 N–H and O–H groups in total. The number of aromatic nitrogens is 1. The number of pyridine rings is 1. The van der Waals surface area contributed by atoms with Crippen LogP contribution in [0, 0.1) is 0 Å². The lowest BCUT2D eigenvalue weighted by atomic mass is 9.85. The van der Waals surface area contributed by atoms with Gasteiger partial charge in [0.25, 0.3) is 5.91 Å². The Balaban J connectivity index is 1.76. The highest BCUT2D eigenvalue weighted by Crippen LogP contribution is 2.35. The fourth-order valence-electron chi connectivity index (χ4n) is 3.23. The highest BCUT2D eigenvalue weighted by atomic mass is 16.5. The number of hydrogen-bond acceptors (Lipinski definition) is 5. The SMILES string of the molecule is COc1cccc(C(=O)N2CCC(O)(c3cccnc3)CC2)c1OC. The molecule has 0 spiro atoms. The van der Waals surface area contributed by atoms with Crippen molar-refractivity contribution < 1.29 is 19.4 Å². The largest absolute Gasteiger partial charge is 0.493 e. The molecular formula is C19H22N2O4. The first-order chi connectivity index (χ1) is 12.1. The molecule has 1 amide bonds. The van der Waals surface area contributed by atoms with Gasteiger partial charge in [-0.2, -0.15) is 0 Å². The van der Waals surface area contributed by atoms with Crippen LogP contribution in [0.2, 0.25) is 0 Å². The third-order valence-corrected chi connectivity index (χ3v) is 4.71. The zero-order valence-electron chi connectivity index (χ0n) is 14.4. The maximum Gasteiger partial charge on any atom is 0.257 e. The molecule has 2 heterocycles. The molecule has 0 aliphatic carbocycles. The van der Waals surface area contributed by atoms with Crippen molar-refractivity contribution in [2.75, 3.05) is 27.3 Å². The van der Waals surface area contributed by atoms with Gasteiger partial charge in [-0.1, -0.05) is 12.1 Å². The van der Waals surface area contributed by atoms with Gasteiger partial charge in [0.15, 0.2) is 11.5 Å². The Morgan fingerprint density at radius 3 is 2.52 bits per heavy atom. The first-order valence-electron chi connectivity index (χ1n) is 8.22. The number of para-hydroxylation sites is 1. The second kappa shape index (κ2) is 7.11. The van der Waals surface area contributed by atoms with Crippen LogP contribution >= 0.6 is 0 Å². The number of aliphatic hydroxyl groups is 1. The summed E-state index contributed by atoms with van der Waals surface area (Å²) in [6, 6.07) is 8.94. The summed E-state index contributed by atoms with van der Waals surface area (Å²) in [5.41, 5.74) is 0.318. The van der Waals surface area contributed by atoms with Crippen LogP contribution in [0.1, 0.15) is 28.8 Å². The fraction of sp³-hybridized carbons (Fsp3) is 0.368. The van der Waals surface area contributed by atoms with Crippen LogP contribution < -0.4 is 9.47 Å². The van der Waals surface area contributed by atoms with Crippen molar-refractivity contribution in [3.63, 3.8) is 0 Å². The minimum absolute atomic E-state index is 0.121. The van der Waals surface area contributed by atoms with Gasteiger partial charge in [-0.25, -0.2) is 0 Å². The van der Waals surface area contributed by atoms with Crippen LogP contribution in [0.4, 0.5) is 0 Å². The Morgan fingerprint density at radius 2 is 1.92 bits per heavy atom. The summed E-state index contributed by atoms with van der Waals surface area (Å²) in [4.78, 5) is 18.7. The minimum Gasteiger partial charge on any atom is -0.493 e. The average Bonchev–Trinajstić information content (AvgIpc) is 2.68. The number of carbonyl (C=O) groups is 1. The van der Waals surface area contributed by atoms with Crippen molar-refractivity contribution in [1.82, 2.24) is 9.88 Å². The average molecular weight is 342 g/mol. The molecule has 25 heavy (non-hydrogen) atoms. The standard InChI is InChI=1S/C19H22N2O4/c1-24-16-7-3-6-15(17(16)25-2)18(22)21-11-8-19(23,9-12-21)14-5-4-10-20-13-14/h3-7,10,13,23H,8-9,11-12H2,1-2H3. The third-order valence-electron chi connectivity index (χ3n) is 4.71. The normalized spacial score (nSPS) is 16.4. The lowest BCUT2D eigenvalue weighted by molar-refractivity contribution is -0.0214. The van der Waals surface area contributed by atoms with Gasteiger partial charge in [0.05, 0.1) is 25.4 Å². The zero-order chi connectivity index (χ0) is 17.9. The van der Waals surface area contributed by atoms with Crippen molar-refractivity contribution in [3.8, 4) is 11.5 Å². The number of hydrogen-bond donors (Lipinski definition) is 1. The van der Waals surface area contributed by atoms with Crippen LogP contribution in [-0.4, -0.2) is 48.2 Å². The molecule has 2 aromatic rings. The number of carbonyl (C=O) groups excluding carboxylic acids is 1. The number of methoxy groups -OCH3 is 2. The molecular weight excluding hydrogens is 320 g/mol. The number of ether oxygens (including phenoxy) is 2. The molecule has 0 saturated carbocycles. The number of amides is 1.